The van der Waals surface area contributed by atoms with Gasteiger partial charge in [0, 0.05) is 23.1 Å². The Morgan fingerprint density at radius 1 is 1.00 bits per heavy atom. The molecule has 0 bridgehead atoms. The van der Waals surface area contributed by atoms with Crippen molar-refractivity contribution in [3.63, 3.8) is 0 Å². The predicted octanol–water partition coefficient (Wildman–Crippen LogP) is 4.34. The summed E-state index contributed by atoms with van der Waals surface area (Å²) in [7, 11) is -4.15. The second-order valence-corrected chi connectivity index (χ2v) is 10.8. The molecule has 3 aromatic carbocycles. The van der Waals surface area contributed by atoms with Gasteiger partial charge < -0.3 is 10.2 Å². The SMILES string of the molecule is CCNC(=O)[C@@H](C)N(Cc1ccccc1F)C(=O)CN(c1cccc(Br)c1)S(=O)(=O)c1ccccc1. The standard InChI is InChI=1S/C26H27BrFN3O4S/c1-3-29-26(33)19(2)30(17-20-10-7-8-15-24(20)28)25(32)18-31(22-12-9-11-21(27)16-22)36(34,35)23-13-5-4-6-14-23/h4-16,19H,3,17-18H2,1-2H3,(H,29,33)/t19-/m1/s1. The molecular weight excluding hydrogens is 549 g/mol. The molecule has 1 N–H and O–H groups in total. The van der Waals surface area contributed by atoms with Crippen LogP contribution in [-0.4, -0.2) is 44.3 Å². The van der Waals surface area contributed by atoms with Crippen molar-refractivity contribution < 1.29 is 22.4 Å². The van der Waals surface area contributed by atoms with Gasteiger partial charge in [-0.05, 0) is 50.2 Å². The minimum atomic E-state index is -4.15. The normalized spacial score (nSPS) is 12.0. The molecule has 0 heterocycles. The minimum Gasteiger partial charge on any atom is -0.355 e. The van der Waals surface area contributed by atoms with Gasteiger partial charge in [0.15, 0.2) is 0 Å². The summed E-state index contributed by atoms with van der Waals surface area (Å²) in [5, 5.41) is 2.66. The van der Waals surface area contributed by atoms with Crippen LogP contribution in [0, 0.1) is 5.82 Å². The van der Waals surface area contributed by atoms with Crippen LogP contribution in [0.15, 0.2) is 88.2 Å². The Labute approximate surface area is 219 Å². The summed E-state index contributed by atoms with van der Waals surface area (Å²) in [6, 6.07) is 19.3. The summed E-state index contributed by atoms with van der Waals surface area (Å²) in [5.74, 6) is -1.61. The molecule has 7 nitrogen and oxygen atoms in total. The van der Waals surface area contributed by atoms with Crippen molar-refractivity contribution in [1.82, 2.24) is 10.2 Å². The minimum absolute atomic E-state index is 0.00945. The number of benzene rings is 3. The Kier molecular flexibility index (Phi) is 9.22. The molecule has 3 rings (SSSR count). The molecule has 10 heteroatoms. The van der Waals surface area contributed by atoms with Gasteiger partial charge in [0.05, 0.1) is 10.6 Å². The van der Waals surface area contributed by atoms with Crippen LogP contribution in [0.4, 0.5) is 10.1 Å². The zero-order chi connectivity index (χ0) is 26.3. The van der Waals surface area contributed by atoms with Gasteiger partial charge in [0.1, 0.15) is 18.4 Å². The van der Waals surface area contributed by atoms with Crippen molar-refractivity contribution >= 4 is 43.5 Å². The van der Waals surface area contributed by atoms with Crippen molar-refractivity contribution in [2.45, 2.75) is 31.3 Å². The number of hydrogen-bond donors (Lipinski definition) is 1. The van der Waals surface area contributed by atoms with E-state index in [2.05, 4.69) is 21.2 Å². The van der Waals surface area contributed by atoms with Gasteiger partial charge in [-0.3, -0.25) is 13.9 Å². The third-order valence-corrected chi connectivity index (χ3v) is 7.80. The van der Waals surface area contributed by atoms with E-state index in [1.165, 1.54) is 42.2 Å². The Hall–Kier alpha value is -3.24. The van der Waals surface area contributed by atoms with Crippen LogP contribution in [0.3, 0.4) is 0 Å². The molecule has 0 saturated heterocycles. The van der Waals surface area contributed by atoms with Crippen LogP contribution in [-0.2, 0) is 26.2 Å². The second-order valence-electron chi connectivity index (χ2n) is 7.99. The van der Waals surface area contributed by atoms with Crippen LogP contribution >= 0.6 is 15.9 Å². The van der Waals surface area contributed by atoms with Crippen molar-refractivity contribution in [3.8, 4) is 0 Å². The first kappa shape index (κ1) is 27.3. The van der Waals surface area contributed by atoms with Gasteiger partial charge in [0.25, 0.3) is 10.0 Å². The zero-order valence-corrected chi connectivity index (χ0v) is 22.3. The lowest BCUT2D eigenvalue weighted by Gasteiger charge is -2.32. The summed E-state index contributed by atoms with van der Waals surface area (Å²) in [4.78, 5) is 27.5. The molecule has 0 spiro atoms. The number of amides is 2. The third-order valence-electron chi connectivity index (χ3n) is 5.52. The van der Waals surface area contributed by atoms with E-state index in [1.807, 2.05) is 0 Å². The number of carbonyl (C=O) groups excluding carboxylic acids is 2. The van der Waals surface area contributed by atoms with Gasteiger partial charge in [-0.1, -0.05) is 58.4 Å². The molecular formula is C26H27BrFN3O4S. The van der Waals surface area contributed by atoms with E-state index in [1.54, 1.807) is 55.5 Å². The lowest BCUT2D eigenvalue weighted by molar-refractivity contribution is -0.139. The molecule has 0 aromatic heterocycles. The number of hydrogen-bond acceptors (Lipinski definition) is 4. The van der Waals surface area contributed by atoms with E-state index in [-0.39, 0.29) is 22.7 Å². The Morgan fingerprint density at radius 3 is 2.31 bits per heavy atom. The fraction of sp³-hybridized carbons (Fsp3) is 0.231. The number of halogens is 2. The quantitative estimate of drug-likeness (QED) is 0.389. The maximum Gasteiger partial charge on any atom is 0.264 e. The largest absolute Gasteiger partial charge is 0.355 e. The molecule has 0 aliphatic carbocycles. The lowest BCUT2D eigenvalue weighted by atomic mass is 10.1. The average molecular weight is 576 g/mol. The molecule has 190 valence electrons. The third kappa shape index (κ3) is 6.50. The van der Waals surface area contributed by atoms with E-state index >= 15 is 0 Å². The van der Waals surface area contributed by atoms with Crippen molar-refractivity contribution in [1.29, 1.82) is 0 Å². The lowest BCUT2D eigenvalue weighted by Crippen LogP contribution is -2.51. The smallest absolute Gasteiger partial charge is 0.264 e. The van der Waals surface area contributed by atoms with Crippen LogP contribution < -0.4 is 9.62 Å². The highest BCUT2D eigenvalue weighted by Crippen LogP contribution is 2.27. The molecule has 0 saturated carbocycles. The first-order valence-electron chi connectivity index (χ1n) is 11.3. The number of sulfonamides is 1. The fourth-order valence-electron chi connectivity index (χ4n) is 3.59. The second kappa shape index (κ2) is 12.1. The molecule has 0 aliphatic rings. The van der Waals surface area contributed by atoms with Crippen molar-refractivity contribution in [3.05, 3.63) is 94.7 Å². The molecule has 3 aromatic rings. The summed E-state index contributed by atoms with van der Waals surface area (Å²) in [6.45, 7) is 2.82. The topological polar surface area (TPSA) is 86.8 Å². The highest BCUT2D eigenvalue weighted by atomic mass is 79.9. The molecule has 1 atom stereocenters. The fourth-order valence-corrected chi connectivity index (χ4v) is 5.41. The Balaban J connectivity index is 2.03. The maximum atomic E-state index is 14.5. The van der Waals surface area contributed by atoms with Gasteiger partial charge in [-0.25, -0.2) is 12.8 Å². The average Bonchev–Trinajstić information content (AvgIpc) is 2.86. The maximum absolute atomic E-state index is 14.5. The molecule has 2 amide bonds. The van der Waals surface area contributed by atoms with Crippen LogP contribution in [0.25, 0.3) is 0 Å². The Morgan fingerprint density at radius 2 is 1.67 bits per heavy atom. The summed E-state index contributed by atoms with van der Waals surface area (Å²) in [6.07, 6.45) is 0. The molecule has 0 radical (unpaired) electrons. The zero-order valence-electron chi connectivity index (χ0n) is 19.9. The first-order chi connectivity index (χ1) is 17.1. The van der Waals surface area contributed by atoms with E-state index in [4.69, 9.17) is 0 Å². The molecule has 0 fully saturated rings. The number of anilines is 1. The van der Waals surface area contributed by atoms with Gasteiger partial charge in [0.2, 0.25) is 11.8 Å². The van der Waals surface area contributed by atoms with E-state index in [0.717, 1.165) is 4.31 Å². The number of carbonyl (C=O) groups is 2. The van der Waals surface area contributed by atoms with Gasteiger partial charge in [-0.15, -0.1) is 0 Å². The van der Waals surface area contributed by atoms with E-state index in [0.29, 0.717) is 11.0 Å². The van der Waals surface area contributed by atoms with Crippen molar-refractivity contribution in [2.24, 2.45) is 0 Å². The molecule has 36 heavy (non-hydrogen) atoms. The number of nitrogens with zero attached hydrogens (tertiary/aromatic N) is 2. The Bertz CT molecular complexity index is 1320. The van der Waals surface area contributed by atoms with Crippen LogP contribution in [0.1, 0.15) is 19.4 Å². The summed E-state index contributed by atoms with van der Waals surface area (Å²) >= 11 is 3.35. The van der Waals surface area contributed by atoms with Crippen LogP contribution in [0.2, 0.25) is 0 Å². The van der Waals surface area contributed by atoms with E-state index < -0.39 is 40.2 Å². The number of nitrogens with one attached hydrogen (secondary N) is 1. The summed E-state index contributed by atoms with van der Waals surface area (Å²) in [5.41, 5.74) is 0.472. The molecule has 0 aliphatic heterocycles. The van der Waals surface area contributed by atoms with Gasteiger partial charge >= 0.3 is 0 Å². The summed E-state index contributed by atoms with van der Waals surface area (Å²) < 4.78 is 43.3. The van der Waals surface area contributed by atoms with E-state index in [9.17, 15) is 22.4 Å². The van der Waals surface area contributed by atoms with Crippen molar-refractivity contribution in [2.75, 3.05) is 17.4 Å². The first-order valence-corrected chi connectivity index (χ1v) is 13.5. The highest BCUT2D eigenvalue weighted by molar-refractivity contribution is 9.10. The van der Waals surface area contributed by atoms with Gasteiger partial charge in [-0.2, -0.15) is 0 Å². The number of rotatable bonds is 10. The van der Waals surface area contributed by atoms with Crippen LogP contribution in [0.5, 0.6) is 0 Å². The number of likely N-dealkylation sites (N-methyl/N-ethyl adjacent to an activating group) is 1. The highest BCUT2D eigenvalue weighted by Gasteiger charge is 2.32. The monoisotopic (exact) mass is 575 g/mol. The molecule has 0 unspecified atom stereocenters. The predicted molar refractivity (Wildman–Crippen MR) is 140 cm³/mol.